The van der Waals surface area contributed by atoms with Gasteiger partial charge >= 0.3 is 78.3 Å². The van der Waals surface area contributed by atoms with E-state index in [4.69, 9.17) is 53.1 Å². The van der Waals surface area contributed by atoms with E-state index in [-0.39, 0.29) is 42.1 Å². The Morgan fingerprint density at radius 3 is 0.279 bits per heavy atom. The van der Waals surface area contributed by atoms with Gasteiger partial charge in [0.1, 0.15) is 0 Å². The molecule has 2 aliphatic carbocycles. The molecule has 0 heterocycles. The van der Waals surface area contributed by atoms with E-state index >= 15 is 0 Å². The second kappa shape index (κ2) is 39.4. The Balaban J connectivity index is -0.000000227. The molecule has 0 atom stereocenters. The van der Waals surface area contributed by atoms with Gasteiger partial charge in [-0.3, -0.25) is 0 Å². The molecule has 0 bridgehead atoms. The van der Waals surface area contributed by atoms with E-state index < -0.39 is 103 Å². The molecule has 0 radical (unpaired) electrons. The fourth-order valence-corrected chi connectivity index (χ4v) is 16.0. The maximum atomic E-state index is 12.6. The Morgan fingerprint density at radius 1 is 0.174 bits per heavy atom. The van der Waals surface area contributed by atoms with Crippen molar-refractivity contribution < 1.29 is 114 Å². The Hall–Kier alpha value is 0.564. The van der Waals surface area contributed by atoms with Crippen molar-refractivity contribution in [3.05, 3.63) is 48.6 Å². The van der Waals surface area contributed by atoms with Crippen LogP contribution in [0.25, 0.3) is 0 Å². The van der Waals surface area contributed by atoms with Crippen LogP contribution in [-0.4, -0.2) is 103 Å². The van der Waals surface area contributed by atoms with E-state index in [1.165, 1.54) is 51.4 Å². The van der Waals surface area contributed by atoms with Gasteiger partial charge in [0.2, 0.25) is 0 Å². The number of rotatable bonds is 12. The molecule has 2 rings (SSSR count). The molecular formula is C64H132O16Pt2Si4. The summed E-state index contributed by atoms with van der Waals surface area (Å²) in [6.45, 7) is 65.7. The van der Waals surface area contributed by atoms with Gasteiger partial charge in [-0.2, -0.15) is 0 Å². The minimum Gasteiger partial charge on any atom is -0.793 e. The van der Waals surface area contributed by atoms with Gasteiger partial charge in [-0.05, 0) is 301 Å². The quantitative estimate of drug-likeness (QED) is 0.132. The van der Waals surface area contributed by atoms with E-state index in [9.17, 15) is 19.2 Å². The first-order valence-corrected chi connectivity index (χ1v) is 36.8. The minimum atomic E-state index is -3.91. The molecule has 0 saturated carbocycles. The van der Waals surface area contributed by atoms with Crippen molar-refractivity contribution in [2.24, 2.45) is 0 Å². The summed E-state index contributed by atoms with van der Waals surface area (Å²) in [6, 6.07) is 0. The fourth-order valence-electron chi connectivity index (χ4n) is 6.46. The van der Waals surface area contributed by atoms with Gasteiger partial charge in [0, 0.05) is 0 Å². The normalized spacial score (nSPS) is 17.2. The third-order valence-corrected chi connectivity index (χ3v) is 18.2. The van der Waals surface area contributed by atoms with Crippen LogP contribution in [0, 0.1) is 0 Å². The molecule has 0 aromatic carbocycles. The van der Waals surface area contributed by atoms with Gasteiger partial charge in [-0.15, -0.1) is 0 Å². The summed E-state index contributed by atoms with van der Waals surface area (Å²) in [7, 11) is -15.6. The Kier molecular flexibility index (Phi) is 44.8. The summed E-state index contributed by atoms with van der Waals surface area (Å²) < 4.78 is 66.2. The van der Waals surface area contributed by atoms with Crippen LogP contribution in [0.3, 0.4) is 0 Å². The smallest absolute Gasteiger partial charge is 0.793 e. The first-order valence-electron chi connectivity index (χ1n) is 30.3. The third-order valence-electron chi connectivity index (χ3n) is 7.84. The third kappa shape index (κ3) is 75.3. The zero-order valence-electron chi connectivity index (χ0n) is 61.4. The predicted octanol–water partition coefficient (Wildman–Crippen LogP) is 14.3. The van der Waals surface area contributed by atoms with Crippen LogP contribution in [0.4, 0.5) is 0 Å². The van der Waals surface area contributed by atoms with Crippen LogP contribution in [0.1, 0.15) is 301 Å². The van der Waals surface area contributed by atoms with E-state index in [1.807, 2.05) is 249 Å². The first-order chi connectivity index (χ1) is 36.5. The van der Waals surface area contributed by atoms with Crippen LogP contribution < -0.4 is 19.2 Å². The Labute approximate surface area is 563 Å². The van der Waals surface area contributed by atoms with Gasteiger partial charge < -0.3 is 72.3 Å². The van der Waals surface area contributed by atoms with Gasteiger partial charge in [0.05, 0.1) is 67.2 Å². The van der Waals surface area contributed by atoms with Crippen LogP contribution >= 0.6 is 0 Å². The number of hydrogen-bond acceptors (Lipinski definition) is 16. The van der Waals surface area contributed by atoms with Crippen molar-refractivity contribution in [1.82, 2.24) is 0 Å². The molecule has 86 heavy (non-hydrogen) atoms. The molecule has 0 saturated heterocycles. The topological polar surface area (TPSA) is 203 Å². The van der Waals surface area contributed by atoms with Crippen molar-refractivity contribution in [2.75, 3.05) is 0 Å². The second-order valence-electron chi connectivity index (χ2n) is 32.8. The molecule has 0 aliphatic heterocycles. The monoisotopic (exact) mass is 1660 g/mol. The Bertz CT molecular complexity index is 1430. The van der Waals surface area contributed by atoms with Crippen molar-refractivity contribution in [1.29, 1.82) is 0 Å². The van der Waals surface area contributed by atoms with Gasteiger partial charge in [0.15, 0.2) is 0 Å². The molecule has 0 aromatic rings. The van der Waals surface area contributed by atoms with Gasteiger partial charge in [-0.1, -0.05) is 48.6 Å². The summed E-state index contributed by atoms with van der Waals surface area (Å²) >= 11 is 0. The van der Waals surface area contributed by atoms with Crippen LogP contribution in [0.2, 0.25) is 0 Å². The zero-order valence-corrected chi connectivity index (χ0v) is 70.0. The summed E-state index contributed by atoms with van der Waals surface area (Å²) in [5.41, 5.74) is -6.95. The average molecular weight is 1660 g/mol. The van der Waals surface area contributed by atoms with Gasteiger partial charge in [0.25, 0.3) is 0 Å². The van der Waals surface area contributed by atoms with Crippen molar-refractivity contribution in [2.45, 2.75) is 368 Å². The summed E-state index contributed by atoms with van der Waals surface area (Å²) in [5.74, 6) is 0. The van der Waals surface area contributed by atoms with E-state index in [2.05, 4.69) is 48.6 Å². The molecule has 0 amide bonds. The van der Waals surface area contributed by atoms with Crippen LogP contribution in [0.5, 0.6) is 0 Å². The van der Waals surface area contributed by atoms with Crippen molar-refractivity contribution in [3.63, 3.8) is 0 Å². The van der Waals surface area contributed by atoms with Crippen LogP contribution in [0.15, 0.2) is 48.6 Å². The first kappa shape index (κ1) is 97.6. The van der Waals surface area contributed by atoms with Crippen molar-refractivity contribution >= 4 is 36.2 Å². The molecule has 520 valence electrons. The summed E-state index contributed by atoms with van der Waals surface area (Å²) in [4.78, 5) is 50.5. The SMILES string of the molecule is C1=C\CC/C=C\CC/1.C1=C\CC/C=C\CC/1.CC(C)(C)O[Si]([O-])(OC(C)(C)C)OC(C)(C)C.CC(C)(C)O[Si]([O-])(OC(C)(C)C)OC(C)(C)C.CC(C)(C)O[Si]([O-])(OC(C)(C)C)OC(C)(C)C.CC(C)(C)O[Si]([O-])(OC(C)(C)C)OC(C)(C)C.[Pt+2].[Pt+2]. The number of hydrogen-bond donors (Lipinski definition) is 0. The molecule has 0 N–H and O–H groups in total. The summed E-state index contributed by atoms with van der Waals surface area (Å²) in [5, 5.41) is 0. The van der Waals surface area contributed by atoms with E-state index in [0.29, 0.717) is 0 Å². The predicted molar refractivity (Wildman–Crippen MR) is 347 cm³/mol. The molecular weight excluding hydrogens is 1530 g/mol. The number of allylic oxidation sites excluding steroid dienone is 8. The van der Waals surface area contributed by atoms with E-state index in [1.54, 1.807) is 0 Å². The minimum absolute atomic E-state index is 0. The Morgan fingerprint density at radius 2 is 0.233 bits per heavy atom. The summed E-state index contributed by atoms with van der Waals surface area (Å²) in [6.07, 6.45) is 28.0. The van der Waals surface area contributed by atoms with Crippen LogP contribution in [-0.2, 0) is 95.2 Å². The van der Waals surface area contributed by atoms with Gasteiger partial charge in [-0.25, -0.2) is 0 Å². The average Bonchev–Trinajstić information content (AvgIpc) is 3.01. The zero-order chi connectivity index (χ0) is 67.8. The van der Waals surface area contributed by atoms with Crippen molar-refractivity contribution in [3.8, 4) is 0 Å². The molecule has 0 aromatic heterocycles. The maximum Gasteiger partial charge on any atom is 2.00 e. The molecule has 16 nitrogen and oxygen atoms in total. The second-order valence-corrected chi connectivity index (χ2v) is 39.2. The molecule has 22 heteroatoms. The molecule has 0 fully saturated rings. The fraction of sp³-hybridized carbons (Fsp3) is 0.875. The maximum absolute atomic E-state index is 12.6. The molecule has 0 unspecified atom stereocenters. The molecule has 2 aliphatic rings. The van der Waals surface area contributed by atoms with E-state index in [0.717, 1.165) is 0 Å². The standard InChI is InChI=1S/4C12H27O4Si.2C8H12.2Pt/c4*1-10(2,3)14-17(13,15-11(4,5)6)16-12(7,8)9;2*1-2-4-6-8-7-5-3-1;;/h4*1-9H3;2*1-2,7-8H,3-6H2;;/q4*-1;;;2*+2/b;;;;2*2-1-,8-7-;;. The molecule has 0 spiro atoms. The largest absolute Gasteiger partial charge is 2.00 e.